The molecule has 0 unspecified atom stereocenters. The van der Waals surface area contributed by atoms with Crippen molar-refractivity contribution in [3.05, 3.63) is 12.2 Å². The molecular formula is C7H11NO2. The molecule has 1 saturated heterocycles. The highest BCUT2D eigenvalue weighted by atomic mass is 16.5. The number of hydrogen-bond acceptors (Lipinski definition) is 3. The molecule has 0 saturated carbocycles. The maximum absolute atomic E-state index is 10.7. The average Bonchev–Trinajstić information content (AvgIpc) is 2.70. The quantitative estimate of drug-likeness (QED) is 0.315. The van der Waals surface area contributed by atoms with Gasteiger partial charge in [-0.2, -0.15) is 0 Å². The number of hydrogen-bond donors (Lipinski definition) is 0. The van der Waals surface area contributed by atoms with Crippen LogP contribution < -0.4 is 0 Å². The van der Waals surface area contributed by atoms with E-state index in [1.807, 2.05) is 0 Å². The van der Waals surface area contributed by atoms with Crippen molar-refractivity contribution in [2.24, 2.45) is 0 Å². The van der Waals surface area contributed by atoms with E-state index in [2.05, 4.69) is 16.2 Å². The minimum Gasteiger partial charge on any atom is -0.466 e. The number of rotatable bonds is 3. The Morgan fingerprint density at radius 1 is 1.70 bits per heavy atom. The topological polar surface area (TPSA) is 29.3 Å². The molecule has 0 aromatic heterocycles. The van der Waals surface area contributed by atoms with Crippen molar-refractivity contribution in [3.8, 4) is 0 Å². The third-order valence-corrected chi connectivity index (χ3v) is 1.43. The van der Waals surface area contributed by atoms with Gasteiger partial charge in [0.2, 0.25) is 0 Å². The number of carbonyl (C=O) groups is 1. The number of methoxy groups -OCH3 is 1. The highest BCUT2D eigenvalue weighted by Crippen LogP contribution is 2.07. The minimum absolute atomic E-state index is 0.299. The zero-order valence-corrected chi connectivity index (χ0v) is 6.09. The van der Waals surface area contributed by atoms with Crippen LogP contribution >= 0.6 is 0 Å². The van der Waals surface area contributed by atoms with Gasteiger partial charge in [-0.3, -0.25) is 4.90 Å². The minimum atomic E-state index is -0.299. The fourth-order valence-electron chi connectivity index (χ4n) is 0.708. The van der Waals surface area contributed by atoms with Gasteiger partial charge >= 0.3 is 5.97 Å². The second-order valence-electron chi connectivity index (χ2n) is 2.37. The van der Waals surface area contributed by atoms with Crippen molar-refractivity contribution in [3.63, 3.8) is 0 Å². The van der Waals surface area contributed by atoms with E-state index in [-0.39, 0.29) is 5.97 Å². The van der Waals surface area contributed by atoms with Crippen LogP contribution in [0, 0.1) is 0 Å². The number of ether oxygens (including phenoxy) is 1. The first kappa shape index (κ1) is 7.28. The van der Waals surface area contributed by atoms with Crippen molar-refractivity contribution in [2.75, 3.05) is 26.7 Å². The molecule has 0 bridgehead atoms. The first-order valence-corrected chi connectivity index (χ1v) is 3.22. The number of esters is 1. The van der Waals surface area contributed by atoms with Crippen LogP contribution in [-0.4, -0.2) is 37.6 Å². The molecule has 1 rings (SSSR count). The van der Waals surface area contributed by atoms with Crippen LogP contribution in [0.4, 0.5) is 0 Å². The maximum Gasteiger partial charge on any atom is 0.334 e. The van der Waals surface area contributed by atoms with Gasteiger partial charge in [0.1, 0.15) is 0 Å². The van der Waals surface area contributed by atoms with Crippen molar-refractivity contribution in [1.29, 1.82) is 0 Å². The lowest BCUT2D eigenvalue weighted by molar-refractivity contribution is -0.136. The van der Waals surface area contributed by atoms with E-state index >= 15 is 0 Å². The van der Waals surface area contributed by atoms with Crippen LogP contribution in [0.5, 0.6) is 0 Å². The highest BCUT2D eigenvalue weighted by Gasteiger charge is 2.20. The van der Waals surface area contributed by atoms with E-state index in [9.17, 15) is 4.79 Å². The van der Waals surface area contributed by atoms with E-state index in [1.165, 1.54) is 7.11 Å². The summed E-state index contributed by atoms with van der Waals surface area (Å²) >= 11 is 0. The molecule has 0 amide bonds. The van der Waals surface area contributed by atoms with Gasteiger partial charge in [-0.25, -0.2) is 4.79 Å². The lowest BCUT2D eigenvalue weighted by atomic mass is 10.3. The van der Waals surface area contributed by atoms with Crippen LogP contribution in [0.2, 0.25) is 0 Å². The van der Waals surface area contributed by atoms with Crippen LogP contribution in [0.15, 0.2) is 12.2 Å². The summed E-state index contributed by atoms with van der Waals surface area (Å²) in [7, 11) is 1.37. The zero-order chi connectivity index (χ0) is 7.56. The van der Waals surface area contributed by atoms with Crippen molar-refractivity contribution >= 4 is 5.97 Å². The largest absolute Gasteiger partial charge is 0.466 e. The lowest BCUT2D eigenvalue weighted by Gasteiger charge is -2.01. The Balaban J connectivity index is 2.25. The molecule has 3 heteroatoms. The molecule has 0 aromatic rings. The molecular weight excluding hydrogens is 130 g/mol. The van der Waals surface area contributed by atoms with E-state index in [4.69, 9.17) is 0 Å². The summed E-state index contributed by atoms with van der Waals surface area (Å²) in [6, 6.07) is 0. The summed E-state index contributed by atoms with van der Waals surface area (Å²) in [6.07, 6.45) is 0. The molecule has 1 fully saturated rings. The Morgan fingerprint density at radius 2 is 2.30 bits per heavy atom. The van der Waals surface area contributed by atoms with Crippen LogP contribution in [-0.2, 0) is 9.53 Å². The van der Waals surface area contributed by atoms with Gasteiger partial charge in [-0.1, -0.05) is 6.58 Å². The Labute approximate surface area is 60.3 Å². The molecule has 1 heterocycles. The van der Waals surface area contributed by atoms with Gasteiger partial charge in [0.05, 0.1) is 7.11 Å². The predicted molar refractivity (Wildman–Crippen MR) is 37.6 cm³/mol. The Hall–Kier alpha value is -0.830. The normalized spacial score (nSPS) is 16.5. The van der Waals surface area contributed by atoms with Gasteiger partial charge < -0.3 is 4.74 Å². The van der Waals surface area contributed by atoms with Gasteiger partial charge in [-0.15, -0.1) is 0 Å². The monoisotopic (exact) mass is 141 g/mol. The summed E-state index contributed by atoms with van der Waals surface area (Å²) in [5.74, 6) is -0.299. The number of nitrogens with zero attached hydrogens (tertiary/aromatic N) is 1. The first-order valence-electron chi connectivity index (χ1n) is 3.22. The Morgan fingerprint density at radius 3 is 2.70 bits per heavy atom. The molecule has 10 heavy (non-hydrogen) atoms. The van der Waals surface area contributed by atoms with Gasteiger partial charge in [-0.05, 0) is 0 Å². The predicted octanol–water partition coefficient (Wildman–Crippen LogP) is 0.0312. The molecule has 3 nitrogen and oxygen atoms in total. The zero-order valence-electron chi connectivity index (χ0n) is 6.09. The Bertz CT molecular complexity index is 161. The highest BCUT2D eigenvalue weighted by molar-refractivity contribution is 5.88. The summed E-state index contributed by atoms with van der Waals surface area (Å²) < 4.78 is 4.48. The van der Waals surface area contributed by atoms with Crippen molar-refractivity contribution in [1.82, 2.24) is 4.90 Å². The molecule has 1 aliphatic rings. The van der Waals surface area contributed by atoms with Gasteiger partial charge in [0.25, 0.3) is 0 Å². The van der Waals surface area contributed by atoms with Crippen molar-refractivity contribution in [2.45, 2.75) is 0 Å². The second kappa shape index (κ2) is 2.84. The van der Waals surface area contributed by atoms with Crippen LogP contribution in [0.1, 0.15) is 0 Å². The fraction of sp³-hybridized carbons (Fsp3) is 0.571. The molecule has 56 valence electrons. The van der Waals surface area contributed by atoms with E-state index in [1.54, 1.807) is 0 Å². The third kappa shape index (κ3) is 1.84. The SMILES string of the molecule is C=C(CN1CC1)C(=O)OC. The smallest absolute Gasteiger partial charge is 0.334 e. The standard InChI is InChI=1S/C7H11NO2/c1-6(7(9)10-2)5-8-3-4-8/h1,3-5H2,2H3. The molecule has 0 radical (unpaired) electrons. The van der Waals surface area contributed by atoms with E-state index < -0.39 is 0 Å². The molecule has 0 N–H and O–H groups in total. The summed E-state index contributed by atoms with van der Waals surface area (Å²) in [6.45, 7) is 6.41. The van der Waals surface area contributed by atoms with E-state index in [0.717, 1.165) is 13.1 Å². The lowest BCUT2D eigenvalue weighted by Crippen LogP contribution is -2.12. The molecule has 0 spiro atoms. The average molecular weight is 141 g/mol. The second-order valence-corrected chi connectivity index (χ2v) is 2.37. The Kier molecular flexibility index (Phi) is 2.06. The molecule has 1 aliphatic heterocycles. The molecule has 0 aromatic carbocycles. The number of carbonyl (C=O) groups excluding carboxylic acids is 1. The summed E-state index contributed by atoms with van der Waals surface area (Å²) in [4.78, 5) is 12.8. The van der Waals surface area contributed by atoms with Crippen molar-refractivity contribution < 1.29 is 9.53 Å². The van der Waals surface area contributed by atoms with E-state index in [0.29, 0.717) is 12.1 Å². The maximum atomic E-state index is 10.7. The first-order chi connectivity index (χ1) is 4.74. The molecule has 0 atom stereocenters. The summed E-state index contributed by atoms with van der Waals surface area (Å²) in [5.41, 5.74) is 0.542. The van der Waals surface area contributed by atoms with Gasteiger partial charge in [0.15, 0.2) is 0 Å². The van der Waals surface area contributed by atoms with Crippen LogP contribution in [0.3, 0.4) is 0 Å². The van der Waals surface area contributed by atoms with Crippen LogP contribution in [0.25, 0.3) is 0 Å². The molecule has 0 aliphatic carbocycles. The third-order valence-electron chi connectivity index (χ3n) is 1.43. The summed E-state index contributed by atoms with van der Waals surface area (Å²) in [5, 5.41) is 0. The fourth-order valence-corrected chi connectivity index (χ4v) is 0.708. The van der Waals surface area contributed by atoms with Gasteiger partial charge in [0, 0.05) is 25.2 Å².